The summed E-state index contributed by atoms with van der Waals surface area (Å²) >= 11 is 0. The molecular formula is C15H23N3O3. The number of aryl methyl sites for hydroxylation is 1. The molecule has 116 valence electrons. The lowest BCUT2D eigenvalue weighted by Gasteiger charge is -2.27. The molecule has 0 N–H and O–H groups in total. The zero-order valence-corrected chi connectivity index (χ0v) is 12.9. The van der Waals surface area contributed by atoms with Gasteiger partial charge in [0.1, 0.15) is 11.6 Å². The average Bonchev–Trinajstić information content (AvgIpc) is 3.05. The van der Waals surface area contributed by atoms with Crippen LogP contribution in [0.5, 0.6) is 0 Å². The van der Waals surface area contributed by atoms with Crippen molar-refractivity contribution in [3.05, 3.63) is 18.5 Å². The van der Waals surface area contributed by atoms with Crippen molar-refractivity contribution < 1.29 is 14.3 Å². The normalized spacial score (nSPS) is 18.8. The van der Waals surface area contributed by atoms with Gasteiger partial charge in [-0.1, -0.05) is 0 Å². The van der Waals surface area contributed by atoms with Crippen LogP contribution in [0, 0.1) is 0 Å². The number of aromatic nitrogens is 2. The third-order valence-electron chi connectivity index (χ3n) is 3.37. The molecule has 2 heterocycles. The third-order valence-corrected chi connectivity index (χ3v) is 3.37. The number of carbonyl (C=O) groups excluding carboxylic acids is 2. The summed E-state index contributed by atoms with van der Waals surface area (Å²) in [5, 5.41) is 4.07. The molecule has 0 aromatic carbocycles. The summed E-state index contributed by atoms with van der Waals surface area (Å²) in [4.78, 5) is 26.1. The van der Waals surface area contributed by atoms with Crippen LogP contribution in [-0.4, -0.2) is 44.7 Å². The highest BCUT2D eigenvalue weighted by Gasteiger charge is 2.36. The summed E-state index contributed by atoms with van der Waals surface area (Å²) in [6.45, 7) is 6.67. The molecule has 1 aliphatic rings. The van der Waals surface area contributed by atoms with E-state index in [2.05, 4.69) is 5.10 Å². The Morgan fingerprint density at radius 3 is 2.76 bits per heavy atom. The monoisotopic (exact) mass is 293 g/mol. The van der Waals surface area contributed by atoms with Gasteiger partial charge in [0.2, 0.25) is 5.91 Å². The van der Waals surface area contributed by atoms with E-state index in [-0.39, 0.29) is 11.9 Å². The number of likely N-dealkylation sites (tertiary alicyclic amines) is 1. The number of ether oxygens (including phenoxy) is 1. The first-order chi connectivity index (χ1) is 9.87. The van der Waals surface area contributed by atoms with E-state index in [9.17, 15) is 9.59 Å². The van der Waals surface area contributed by atoms with Crippen LogP contribution in [0.4, 0.5) is 0 Å². The number of nitrogens with zero attached hydrogens (tertiary/aromatic N) is 3. The van der Waals surface area contributed by atoms with E-state index in [4.69, 9.17) is 4.74 Å². The van der Waals surface area contributed by atoms with Crippen molar-refractivity contribution in [1.82, 2.24) is 14.7 Å². The van der Waals surface area contributed by atoms with Crippen molar-refractivity contribution in [2.45, 2.75) is 58.2 Å². The van der Waals surface area contributed by atoms with Crippen molar-refractivity contribution in [1.29, 1.82) is 0 Å². The van der Waals surface area contributed by atoms with Crippen LogP contribution in [-0.2, 0) is 20.9 Å². The van der Waals surface area contributed by atoms with Gasteiger partial charge >= 0.3 is 5.97 Å². The van der Waals surface area contributed by atoms with E-state index >= 15 is 0 Å². The average molecular weight is 293 g/mol. The lowest BCUT2D eigenvalue weighted by molar-refractivity contribution is -0.163. The predicted octanol–water partition coefficient (Wildman–Crippen LogP) is 1.61. The van der Waals surface area contributed by atoms with Crippen LogP contribution >= 0.6 is 0 Å². The van der Waals surface area contributed by atoms with Crippen molar-refractivity contribution in [2.24, 2.45) is 0 Å². The van der Waals surface area contributed by atoms with Gasteiger partial charge in [0.25, 0.3) is 0 Å². The van der Waals surface area contributed by atoms with E-state index in [0.717, 1.165) is 6.42 Å². The summed E-state index contributed by atoms with van der Waals surface area (Å²) in [6, 6.07) is 1.39. The Bertz CT molecular complexity index is 491. The van der Waals surface area contributed by atoms with Gasteiger partial charge in [-0.2, -0.15) is 5.10 Å². The largest absolute Gasteiger partial charge is 0.458 e. The van der Waals surface area contributed by atoms with Crippen molar-refractivity contribution in [3.63, 3.8) is 0 Å². The molecule has 0 saturated carbocycles. The topological polar surface area (TPSA) is 64.4 Å². The van der Waals surface area contributed by atoms with E-state index in [0.29, 0.717) is 25.9 Å². The SMILES string of the molecule is CC(C)(C)OC(=O)[C@@H]1CCCN1C(=O)CCn1cccn1. The minimum absolute atomic E-state index is 0.0149. The molecule has 0 bridgehead atoms. The van der Waals surface area contributed by atoms with Crippen molar-refractivity contribution in [2.75, 3.05) is 6.54 Å². The standard InChI is InChI=1S/C15H23N3O3/c1-15(2,3)21-14(20)12-6-4-10-18(12)13(19)7-11-17-9-5-8-16-17/h5,8-9,12H,4,6-7,10-11H2,1-3H3/t12-/m0/s1. The molecule has 1 saturated heterocycles. The first-order valence-corrected chi connectivity index (χ1v) is 7.36. The van der Waals surface area contributed by atoms with E-state index in [1.807, 2.05) is 33.0 Å². The summed E-state index contributed by atoms with van der Waals surface area (Å²) in [5.41, 5.74) is -0.524. The molecule has 6 heteroatoms. The molecule has 0 unspecified atom stereocenters. The molecule has 1 amide bonds. The molecule has 0 spiro atoms. The molecule has 0 aliphatic carbocycles. The second-order valence-corrected chi connectivity index (χ2v) is 6.30. The van der Waals surface area contributed by atoms with Crippen LogP contribution in [0.1, 0.15) is 40.0 Å². The van der Waals surface area contributed by atoms with Gasteiger partial charge in [-0.05, 0) is 39.7 Å². The number of esters is 1. The Hall–Kier alpha value is -1.85. The van der Waals surface area contributed by atoms with Crippen molar-refractivity contribution >= 4 is 11.9 Å². The minimum atomic E-state index is -0.524. The maximum absolute atomic E-state index is 12.3. The number of hydrogen-bond acceptors (Lipinski definition) is 4. The first kappa shape index (κ1) is 15.5. The highest BCUT2D eigenvalue weighted by molar-refractivity contribution is 5.85. The number of hydrogen-bond donors (Lipinski definition) is 0. The Morgan fingerprint density at radius 1 is 1.38 bits per heavy atom. The second-order valence-electron chi connectivity index (χ2n) is 6.30. The first-order valence-electron chi connectivity index (χ1n) is 7.36. The molecule has 6 nitrogen and oxygen atoms in total. The Kier molecular flexibility index (Phi) is 4.65. The lowest BCUT2D eigenvalue weighted by Crippen LogP contribution is -2.43. The van der Waals surface area contributed by atoms with Crippen LogP contribution in [0.15, 0.2) is 18.5 Å². The van der Waals surface area contributed by atoms with Gasteiger partial charge < -0.3 is 9.64 Å². The molecule has 1 atom stereocenters. The minimum Gasteiger partial charge on any atom is -0.458 e. The van der Waals surface area contributed by atoms with Crippen LogP contribution in [0.2, 0.25) is 0 Å². The maximum Gasteiger partial charge on any atom is 0.329 e. The Balaban J connectivity index is 1.91. The van der Waals surface area contributed by atoms with Crippen LogP contribution < -0.4 is 0 Å². The van der Waals surface area contributed by atoms with E-state index in [1.54, 1.807) is 15.8 Å². The number of amides is 1. The van der Waals surface area contributed by atoms with E-state index < -0.39 is 11.6 Å². The van der Waals surface area contributed by atoms with Gasteiger partial charge in [0.15, 0.2) is 0 Å². The summed E-state index contributed by atoms with van der Waals surface area (Å²) in [5.74, 6) is -0.314. The summed E-state index contributed by atoms with van der Waals surface area (Å²) < 4.78 is 7.12. The van der Waals surface area contributed by atoms with Gasteiger partial charge in [0.05, 0.1) is 0 Å². The highest BCUT2D eigenvalue weighted by Crippen LogP contribution is 2.22. The van der Waals surface area contributed by atoms with Crippen LogP contribution in [0.25, 0.3) is 0 Å². The summed E-state index contributed by atoms with van der Waals surface area (Å²) in [6.07, 6.45) is 5.38. The quantitative estimate of drug-likeness (QED) is 0.791. The second kappa shape index (κ2) is 6.28. The van der Waals surface area contributed by atoms with Crippen molar-refractivity contribution in [3.8, 4) is 0 Å². The third kappa shape index (κ3) is 4.31. The fourth-order valence-corrected chi connectivity index (χ4v) is 2.47. The lowest BCUT2D eigenvalue weighted by atomic mass is 10.1. The highest BCUT2D eigenvalue weighted by atomic mass is 16.6. The van der Waals surface area contributed by atoms with Gasteiger partial charge in [-0.15, -0.1) is 0 Å². The van der Waals surface area contributed by atoms with Crippen LogP contribution in [0.3, 0.4) is 0 Å². The molecule has 1 aliphatic heterocycles. The van der Waals surface area contributed by atoms with E-state index in [1.165, 1.54) is 0 Å². The maximum atomic E-state index is 12.3. The zero-order valence-electron chi connectivity index (χ0n) is 12.9. The zero-order chi connectivity index (χ0) is 15.5. The number of carbonyl (C=O) groups is 2. The molecule has 1 fully saturated rings. The van der Waals surface area contributed by atoms with Gasteiger partial charge in [-0.3, -0.25) is 9.48 Å². The molecule has 0 radical (unpaired) electrons. The van der Waals surface area contributed by atoms with Gasteiger partial charge in [0, 0.05) is 31.9 Å². The summed E-state index contributed by atoms with van der Waals surface area (Å²) in [7, 11) is 0. The number of rotatable bonds is 4. The molecular weight excluding hydrogens is 270 g/mol. The fourth-order valence-electron chi connectivity index (χ4n) is 2.47. The molecule has 21 heavy (non-hydrogen) atoms. The predicted molar refractivity (Wildman–Crippen MR) is 77.4 cm³/mol. The van der Waals surface area contributed by atoms with Gasteiger partial charge in [-0.25, -0.2) is 4.79 Å². The Morgan fingerprint density at radius 2 is 2.14 bits per heavy atom. The fraction of sp³-hybridized carbons (Fsp3) is 0.667. The smallest absolute Gasteiger partial charge is 0.329 e. The molecule has 1 aromatic rings. The Labute approximate surface area is 125 Å². The molecule has 2 rings (SSSR count). The molecule has 1 aromatic heterocycles.